The Labute approximate surface area is 177 Å². The van der Waals surface area contributed by atoms with Crippen LogP contribution in [0.2, 0.25) is 0 Å². The lowest BCUT2D eigenvalue weighted by atomic mass is 10.1. The Kier molecular flexibility index (Phi) is 7.41. The Morgan fingerprint density at radius 2 is 1.97 bits per heavy atom. The maximum absolute atomic E-state index is 12.5. The van der Waals surface area contributed by atoms with Crippen molar-refractivity contribution in [3.05, 3.63) is 63.5 Å². The highest BCUT2D eigenvalue weighted by molar-refractivity contribution is 5.94. The zero-order valence-corrected chi connectivity index (χ0v) is 17.2. The van der Waals surface area contributed by atoms with Crippen LogP contribution in [0.4, 0.5) is 11.4 Å². The first-order valence-corrected chi connectivity index (χ1v) is 9.01. The van der Waals surface area contributed by atoms with E-state index in [0.29, 0.717) is 0 Å². The van der Waals surface area contributed by atoms with Crippen LogP contribution in [0.25, 0.3) is 0 Å². The Morgan fingerprint density at radius 3 is 2.58 bits per heavy atom. The van der Waals surface area contributed by atoms with Crippen LogP contribution in [-0.4, -0.2) is 35.3 Å². The molecular weight excluding hydrogens is 404 g/mol. The number of aromatic hydroxyl groups is 1. The van der Waals surface area contributed by atoms with Gasteiger partial charge in [-0.2, -0.15) is 5.26 Å². The molecule has 0 bridgehead atoms. The van der Waals surface area contributed by atoms with Gasteiger partial charge in [-0.05, 0) is 26.0 Å². The van der Waals surface area contributed by atoms with E-state index in [-0.39, 0.29) is 46.8 Å². The maximum Gasteiger partial charge on any atom is 0.340 e. The molecule has 1 heterocycles. The summed E-state index contributed by atoms with van der Waals surface area (Å²) in [5, 5.41) is 27.9. The molecule has 2 aromatic rings. The fourth-order valence-electron chi connectivity index (χ4n) is 2.56. The summed E-state index contributed by atoms with van der Waals surface area (Å²) in [6, 6.07) is 8.04. The molecule has 10 heteroatoms. The van der Waals surface area contributed by atoms with Gasteiger partial charge >= 0.3 is 11.9 Å². The van der Waals surface area contributed by atoms with E-state index >= 15 is 0 Å². The molecule has 31 heavy (non-hydrogen) atoms. The molecule has 0 aliphatic carbocycles. The van der Waals surface area contributed by atoms with E-state index in [1.165, 1.54) is 33.1 Å². The molecule has 0 saturated carbocycles. The van der Waals surface area contributed by atoms with Gasteiger partial charge in [-0.15, -0.1) is 10.2 Å². The third kappa shape index (κ3) is 5.02. The zero-order chi connectivity index (χ0) is 23.1. The number of ether oxygens (including phenoxy) is 2. The molecule has 10 nitrogen and oxygen atoms in total. The van der Waals surface area contributed by atoms with E-state index in [1.807, 2.05) is 0 Å². The lowest BCUT2D eigenvalue weighted by molar-refractivity contribution is -0.139. The molecule has 0 fully saturated rings. The van der Waals surface area contributed by atoms with Gasteiger partial charge in [0.2, 0.25) is 5.88 Å². The Bertz CT molecular complexity index is 1170. The second-order valence-electron chi connectivity index (χ2n) is 6.37. The van der Waals surface area contributed by atoms with E-state index in [4.69, 9.17) is 9.47 Å². The van der Waals surface area contributed by atoms with Crippen molar-refractivity contribution in [3.8, 4) is 11.9 Å². The Hall–Kier alpha value is -4.26. The predicted octanol–water partition coefficient (Wildman–Crippen LogP) is 3.06. The van der Waals surface area contributed by atoms with E-state index in [9.17, 15) is 24.8 Å². The molecule has 0 unspecified atom stereocenters. The first-order valence-electron chi connectivity index (χ1n) is 9.01. The SMILES string of the molecule is C=C(C)C(=O)OCCn1c(O)c(/N=N/c2ccccc2C(=O)OC)c(C)c(C#N)c1=O. The number of esters is 2. The monoisotopic (exact) mass is 424 g/mol. The lowest BCUT2D eigenvalue weighted by Crippen LogP contribution is -2.26. The van der Waals surface area contributed by atoms with Gasteiger partial charge in [-0.1, -0.05) is 18.7 Å². The van der Waals surface area contributed by atoms with Gasteiger partial charge in [0.05, 0.1) is 19.2 Å². The Morgan fingerprint density at radius 1 is 1.29 bits per heavy atom. The molecule has 1 aromatic carbocycles. The fraction of sp³-hybridized carbons (Fsp3) is 0.238. The molecule has 0 saturated heterocycles. The van der Waals surface area contributed by atoms with Crippen LogP contribution in [-0.2, 0) is 20.8 Å². The topological polar surface area (TPSA) is 143 Å². The highest BCUT2D eigenvalue weighted by Crippen LogP contribution is 2.32. The van der Waals surface area contributed by atoms with Crippen LogP contribution >= 0.6 is 0 Å². The number of hydrogen-bond acceptors (Lipinski definition) is 9. The van der Waals surface area contributed by atoms with Crippen LogP contribution in [0, 0.1) is 18.3 Å². The summed E-state index contributed by atoms with van der Waals surface area (Å²) in [7, 11) is 1.22. The third-order valence-electron chi connectivity index (χ3n) is 4.23. The van der Waals surface area contributed by atoms with Crippen molar-refractivity contribution in [1.82, 2.24) is 4.57 Å². The number of pyridine rings is 1. The number of benzene rings is 1. The minimum atomic E-state index is -0.766. The number of carbonyl (C=O) groups is 2. The smallest absolute Gasteiger partial charge is 0.340 e. The van der Waals surface area contributed by atoms with Crippen LogP contribution < -0.4 is 5.56 Å². The van der Waals surface area contributed by atoms with Crippen molar-refractivity contribution >= 4 is 23.3 Å². The average molecular weight is 424 g/mol. The molecule has 0 amide bonds. The van der Waals surface area contributed by atoms with Crippen LogP contribution in [0.3, 0.4) is 0 Å². The number of azo groups is 1. The van der Waals surface area contributed by atoms with E-state index in [2.05, 4.69) is 16.8 Å². The third-order valence-corrected chi connectivity index (χ3v) is 4.23. The molecule has 160 valence electrons. The van der Waals surface area contributed by atoms with Gasteiger partial charge in [0.15, 0.2) is 5.69 Å². The maximum atomic E-state index is 12.5. The average Bonchev–Trinajstić information content (AvgIpc) is 2.75. The number of hydrogen-bond donors (Lipinski definition) is 1. The number of nitriles is 1. The summed E-state index contributed by atoms with van der Waals surface area (Å²) in [5.74, 6) is -1.84. The molecule has 0 atom stereocenters. The van der Waals surface area contributed by atoms with Gasteiger partial charge in [0.1, 0.15) is 23.9 Å². The van der Waals surface area contributed by atoms with Crippen molar-refractivity contribution in [2.75, 3.05) is 13.7 Å². The van der Waals surface area contributed by atoms with Crippen LogP contribution in [0.5, 0.6) is 5.88 Å². The van der Waals surface area contributed by atoms with E-state index in [1.54, 1.807) is 18.2 Å². The molecule has 2 rings (SSSR count). The molecule has 0 spiro atoms. The summed E-state index contributed by atoms with van der Waals surface area (Å²) in [4.78, 5) is 36.0. The van der Waals surface area contributed by atoms with Gasteiger partial charge < -0.3 is 14.6 Å². The summed E-state index contributed by atoms with van der Waals surface area (Å²) in [6.07, 6.45) is 0. The first-order chi connectivity index (χ1) is 14.7. The number of methoxy groups -OCH3 is 1. The summed E-state index contributed by atoms with van der Waals surface area (Å²) in [5.41, 5.74) is -0.554. The number of aromatic nitrogens is 1. The van der Waals surface area contributed by atoms with Gasteiger partial charge in [0, 0.05) is 11.1 Å². The lowest BCUT2D eigenvalue weighted by Gasteiger charge is -2.13. The predicted molar refractivity (Wildman–Crippen MR) is 110 cm³/mol. The van der Waals surface area contributed by atoms with Crippen molar-refractivity contribution in [3.63, 3.8) is 0 Å². The van der Waals surface area contributed by atoms with Gasteiger partial charge in [-0.25, -0.2) is 9.59 Å². The largest absolute Gasteiger partial charge is 0.493 e. The molecule has 1 aromatic heterocycles. The minimum Gasteiger partial charge on any atom is -0.493 e. The highest BCUT2D eigenvalue weighted by Gasteiger charge is 2.20. The molecule has 1 N–H and O–H groups in total. The zero-order valence-electron chi connectivity index (χ0n) is 17.2. The van der Waals surface area contributed by atoms with Crippen molar-refractivity contribution in [1.29, 1.82) is 5.26 Å². The number of rotatable bonds is 7. The normalized spacial score (nSPS) is 10.5. The van der Waals surface area contributed by atoms with Crippen LogP contribution in [0.15, 0.2) is 51.4 Å². The van der Waals surface area contributed by atoms with Crippen molar-refractivity contribution < 1.29 is 24.2 Å². The highest BCUT2D eigenvalue weighted by atomic mass is 16.5. The molecular formula is C21H20N4O6. The van der Waals surface area contributed by atoms with E-state index in [0.717, 1.165) is 4.57 Å². The summed E-state index contributed by atoms with van der Waals surface area (Å²) < 4.78 is 10.5. The van der Waals surface area contributed by atoms with Crippen molar-refractivity contribution in [2.24, 2.45) is 10.2 Å². The molecule has 0 radical (unpaired) electrons. The molecule has 0 aliphatic heterocycles. The quantitative estimate of drug-likeness (QED) is 0.409. The van der Waals surface area contributed by atoms with Crippen molar-refractivity contribution in [2.45, 2.75) is 20.4 Å². The fourth-order valence-corrected chi connectivity index (χ4v) is 2.56. The van der Waals surface area contributed by atoms with Crippen LogP contribution in [0.1, 0.15) is 28.4 Å². The second-order valence-corrected chi connectivity index (χ2v) is 6.37. The molecule has 0 aliphatic rings. The number of carbonyl (C=O) groups excluding carboxylic acids is 2. The Balaban J connectivity index is 2.49. The summed E-state index contributed by atoms with van der Waals surface area (Å²) in [6.45, 7) is 5.89. The summed E-state index contributed by atoms with van der Waals surface area (Å²) >= 11 is 0. The minimum absolute atomic E-state index is 0.111. The number of nitrogens with zero attached hydrogens (tertiary/aromatic N) is 4. The van der Waals surface area contributed by atoms with Gasteiger partial charge in [-0.3, -0.25) is 9.36 Å². The standard InChI is InChI=1S/C21H20N4O6/c1-12(2)20(28)31-10-9-25-18(26)15(11-22)13(3)17(19(25)27)24-23-16-8-6-5-7-14(16)21(29)30-4/h5-8,27H,1,9-10H2,2-4H3/b24-23+. The van der Waals surface area contributed by atoms with E-state index < -0.39 is 23.4 Å². The first kappa shape index (κ1) is 23.0. The van der Waals surface area contributed by atoms with Gasteiger partial charge in [0.25, 0.3) is 5.56 Å². The second kappa shape index (κ2) is 9.98.